The van der Waals surface area contributed by atoms with Crippen LogP contribution in [-0.4, -0.2) is 36.4 Å². The number of benzene rings is 1. The second kappa shape index (κ2) is 5.73. The summed E-state index contributed by atoms with van der Waals surface area (Å²) in [5.74, 6) is -1.50. The van der Waals surface area contributed by atoms with Crippen molar-refractivity contribution in [2.75, 3.05) is 6.54 Å². The lowest BCUT2D eigenvalue weighted by Gasteiger charge is -2.24. The summed E-state index contributed by atoms with van der Waals surface area (Å²) in [6.07, 6.45) is 0.958. The zero-order valence-electron chi connectivity index (χ0n) is 12.0. The van der Waals surface area contributed by atoms with Crippen LogP contribution in [0.2, 0.25) is 0 Å². The number of carbonyl (C=O) groups is 1. The monoisotopic (exact) mass is 315 g/mol. The van der Waals surface area contributed by atoms with E-state index >= 15 is 0 Å². The first-order valence-electron chi connectivity index (χ1n) is 6.74. The SMILES string of the molecule is Cc1cc(F)cc(C)c1S(=O)(=O)N1CCCC1CC(=O)O. The summed E-state index contributed by atoms with van der Waals surface area (Å²) in [6.45, 7) is 3.40. The van der Waals surface area contributed by atoms with Gasteiger partial charge in [0, 0.05) is 12.6 Å². The van der Waals surface area contributed by atoms with E-state index in [4.69, 9.17) is 5.11 Å². The molecule has 1 aliphatic heterocycles. The number of rotatable bonds is 4. The van der Waals surface area contributed by atoms with E-state index in [1.54, 1.807) is 13.8 Å². The Bertz CT molecular complexity index is 649. The molecule has 1 saturated heterocycles. The predicted octanol–water partition coefficient (Wildman–Crippen LogP) is 2.07. The molecular formula is C14H18FNO4S. The van der Waals surface area contributed by atoms with Crippen LogP contribution in [0.4, 0.5) is 4.39 Å². The Morgan fingerprint density at radius 2 is 1.95 bits per heavy atom. The highest BCUT2D eigenvalue weighted by Crippen LogP contribution is 2.31. The van der Waals surface area contributed by atoms with Crippen molar-refractivity contribution >= 4 is 16.0 Å². The van der Waals surface area contributed by atoms with Gasteiger partial charge in [-0.2, -0.15) is 4.31 Å². The maximum atomic E-state index is 13.3. The molecule has 5 nitrogen and oxygen atoms in total. The van der Waals surface area contributed by atoms with Gasteiger partial charge in [-0.15, -0.1) is 0 Å². The van der Waals surface area contributed by atoms with Crippen LogP contribution in [-0.2, 0) is 14.8 Å². The lowest BCUT2D eigenvalue weighted by Crippen LogP contribution is -2.37. The molecule has 0 spiro atoms. The molecule has 2 rings (SSSR count). The molecule has 0 aliphatic carbocycles. The number of sulfonamides is 1. The van der Waals surface area contributed by atoms with Gasteiger partial charge in [0.25, 0.3) is 0 Å². The molecule has 1 aromatic rings. The molecule has 1 fully saturated rings. The van der Waals surface area contributed by atoms with E-state index < -0.39 is 27.9 Å². The van der Waals surface area contributed by atoms with Gasteiger partial charge in [-0.1, -0.05) is 0 Å². The van der Waals surface area contributed by atoms with E-state index in [-0.39, 0.29) is 11.3 Å². The summed E-state index contributed by atoms with van der Waals surface area (Å²) in [5.41, 5.74) is 0.682. The highest BCUT2D eigenvalue weighted by molar-refractivity contribution is 7.89. The Hall–Kier alpha value is -1.47. The maximum Gasteiger partial charge on any atom is 0.304 e. The largest absolute Gasteiger partial charge is 0.481 e. The van der Waals surface area contributed by atoms with Gasteiger partial charge < -0.3 is 5.11 Å². The van der Waals surface area contributed by atoms with Crippen LogP contribution < -0.4 is 0 Å². The molecule has 116 valence electrons. The Kier molecular flexibility index (Phi) is 4.34. The number of carboxylic acids is 1. The van der Waals surface area contributed by atoms with Crippen LogP contribution in [0.3, 0.4) is 0 Å². The third-order valence-corrected chi connectivity index (χ3v) is 5.98. The van der Waals surface area contributed by atoms with E-state index in [9.17, 15) is 17.6 Å². The van der Waals surface area contributed by atoms with Crippen molar-refractivity contribution < 1.29 is 22.7 Å². The minimum atomic E-state index is -3.81. The summed E-state index contributed by atoms with van der Waals surface area (Å²) in [4.78, 5) is 11.0. The molecule has 0 aromatic heterocycles. The Morgan fingerprint density at radius 3 is 2.48 bits per heavy atom. The van der Waals surface area contributed by atoms with Crippen molar-refractivity contribution in [2.24, 2.45) is 0 Å². The second-order valence-corrected chi connectivity index (χ2v) is 7.21. The van der Waals surface area contributed by atoms with Gasteiger partial charge in [-0.3, -0.25) is 4.79 Å². The molecule has 1 unspecified atom stereocenters. The Morgan fingerprint density at radius 1 is 1.38 bits per heavy atom. The van der Waals surface area contributed by atoms with E-state index in [0.29, 0.717) is 30.5 Å². The van der Waals surface area contributed by atoms with Crippen LogP contribution >= 0.6 is 0 Å². The number of aryl methyl sites for hydroxylation is 2. The molecule has 1 heterocycles. The van der Waals surface area contributed by atoms with Crippen LogP contribution in [0.25, 0.3) is 0 Å². The highest BCUT2D eigenvalue weighted by Gasteiger charge is 2.37. The summed E-state index contributed by atoms with van der Waals surface area (Å²) in [7, 11) is -3.81. The fourth-order valence-electron chi connectivity index (χ4n) is 2.95. The van der Waals surface area contributed by atoms with Crippen molar-refractivity contribution in [3.8, 4) is 0 Å². The summed E-state index contributed by atoms with van der Waals surface area (Å²) >= 11 is 0. The fourth-order valence-corrected chi connectivity index (χ4v) is 5.06. The Balaban J connectivity index is 2.45. The molecule has 1 aromatic carbocycles. The third kappa shape index (κ3) is 3.08. The van der Waals surface area contributed by atoms with Gasteiger partial charge in [0.1, 0.15) is 5.82 Å². The summed E-state index contributed by atoms with van der Waals surface area (Å²) < 4.78 is 40.2. The first-order valence-corrected chi connectivity index (χ1v) is 8.18. The van der Waals surface area contributed by atoms with E-state index in [0.717, 1.165) is 0 Å². The second-order valence-electron chi connectivity index (χ2n) is 5.38. The van der Waals surface area contributed by atoms with E-state index in [1.165, 1.54) is 16.4 Å². The lowest BCUT2D eigenvalue weighted by molar-refractivity contribution is -0.137. The number of hydrogen-bond donors (Lipinski definition) is 1. The van der Waals surface area contributed by atoms with Gasteiger partial charge in [-0.05, 0) is 49.9 Å². The number of hydrogen-bond acceptors (Lipinski definition) is 3. The highest BCUT2D eigenvalue weighted by atomic mass is 32.2. The maximum absolute atomic E-state index is 13.3. The number of nitrogens with zero attached hydrogens (tertiary/aromatic N) is 1. The van der Waals surface area contributed by atoms with E-state index in [2.05, 4.69) is 0 Å². The first-order chi connectivity index (χ1) is 9.73. The van der Waals surface area contributed by atoms with Crippen molar-refractivity contribution in [1.29, 1.82) is 0 Å². The van der Waals surface area contributed by atoms with Crippen LogP contribution in [0.5, 0.6) is 0 Å². The molecule has 7 heteroatoms. The minimum absolute atomic E-state index is 0.0844. The van der Waals surface area contributed by atoms with Gasteiger partial charge in [-0.25, -0.2) is 12.8 Å². The number of halogens is 1. The average Bonchev–Trinajstić information content (AvgIpc) is 2.74. The van der Waals surface area contributed by atoms with Gasteiger partial charge >= 0.3 is 5.97 Å². The fraction of sp³-hybridized carbons (Fsp3) is 0.500. The van der Waals surface area contributed by atoms with Crippen LogP contribution in [0.15, 0.2) is 17.0 Å². The van der Waals surface area contributed by atoms with Gasteiger partial charge in [0.2, 0.25) is 10.0 Å². The van der Waals surface area contributed by atoms with Crippen LogP contribution in [0, 0.1) is 19.7 Å². The minimum Gasteiger partial charge on any atom is -0.481 e. The topological polar surface area (TPSA) is 74.7 Å². The smallest absolute Gasteiger partial charge is 0.304 e. The number of carboxylic acid groups (broad SMARTS) is 1. The first kappa shape index (κ1) is 15.9. The van der Waals surface area contributed by atoms with Crippen molar-refractivity contribution in [3.63, 3.8) is 0 Å². The molecule has 0 saturated carbocycles. The third-order valence-electron chi connectivity index (χ3n) is 3.73. The molecule has 0 bridgehead atoms. The van der Waals surface area contributed by atoms with Crippen molar-refractivity contribution in [3.05, 3.63) is 29.1 Å². The standard InChI is InChI=1S/C14H18FNO4S/c1-9-6-11(15)7-10(2)14(9)21(19,20)16-5-3-4-12(16)8-13(17)18/h6-7,12H,3-5,8H2,1-2H3,(H,17,18). The van der Waals surface area contributed by atoms with E-state index in [1.807, 2.05) is 0 Å². The summed E-state index contributed by atoms with van der Waals surface area (Å²) in [6, 6.07) is 1.83. The normalized spacial score (nSPS) is 19.9. The lowest BCUT2D eigenvalue weighted by atomic mass is 10.1. The number of aliphatic carboxylic acids is 1. The summed E-state index contributed by atoms with van der Waals surface area (Å²) in [5, 5.41) is 8.90. The molecule has 1 N–H and O–H groups in total. The zero-order valence-corrected chi connectivity index (χ0v) is 12.8. The van der Waals surface area contributed by atoms with Gasteiger partial charge in [0.15, 0.2) is 0 Å². The van der Waals surface area contributed by atoms with Crippen molar-refractivity contribution in [1.82, 2.24) is 4.31 Å². The molecule has 1 atom stereocenters. The predicted molar refractivity (Wildman–Crippen MR) is 75.0 cm³/mol. The molecule has 1 aliphatic rings. The quantitative estimate of drug-likeness (QED) is 0.923. The van der Waals surface area contributed by atoms with Gasteiger partial charge in [0.05, 0.1) is 11.3 Å². The Labute approximate surface area is 123 Å². The zero-order chi connectivity index (χ0) is 15.8. The molecule has 21 heavy (non-hydrogen) atoms. The molecule has 0 amide bonds. The molecule has 0 radical (unpaired) electrons. The molecular weight excluding hydrogens is 297 g/mol. The average molecular weight is 315 g/mol. The van der Waals surface area contributed by atoms with Crippen LogP contribution in [0.1, 0.15) is 30.4 Å². The van der Waals surface area contributed by atoms with Crippen molar-refractivity contribution in [2.45, 2.75) is 44.0 Å².